The van der Waals surface area contributed by atoms with Gasteiger partial charge in [-0.2, -0.15) is 0 Å². The molecule has 7 N–H and O–H groups in total. The van der Waals surface area contributed by atoms with E-state index in [2.05, 4.69) is 31.6 Å². The highest BCUT2D eigenvalue weighted by atomic mass is 16.4. The van der Waals surface area contributed by atoms with Gasteiger partial charge in [-0.05, 0) is 42.7 Å². The average Bonchev–Trinajstić information content (AvgIpc) is 3.35. The first kappa shape index (κ1) is 34.1. The smallest absolute Gasteiger partial charge is 0.305 e. The average molecular weight is 613 g/mol. The summed E-state index contributed by atoms with van der Waals surface area (Å²) in [7, 11) is 0. The van der Waals surface area contributed by atoms with E-state index in [0.717, 1.165) is 16.5 Å². The third-order valence-corrected chi connectivity index (χ3v) is 7.32. The number of para-hydroxylation sites is 1. The van der Waals surface area contributed by atoms with Gasteiger partial charge in [0.25, 0.3) is 0 Å². The molecule has 1 aliphatic heterocycles. The van der Waals surface area contributed by atoms with Crippen LogP contribution in [-0.2, 0) is 35.2 Å². The van der Waals surface area contributed by atoms with Gasteiger partial charge in [0.05, 0.1) is 6.42 Å². The van der Waals surface area contributed by atoms with E-state index in [1.807, 2.05) is 52.0 Å². The Labute approximate surface area is 256 Å². The van der Waals surface area contributed by atoms with Crippen molar-refractivity contribution < 1.29 is 33.9 Å². The van der Waals surface area contributed by atoms with Crippen molar-refractivity contribution >= 4 is 46.4 Å². The van der Waals surface area contributed by atoms with Crippen LogP contribution < -0.4 is 26.6 Å². The van der Waals surface area contributed by atoms with Crippen LogP contribution in [0.15, 0.2) is 30.5 Å². The molecule has 1 aromatic carbocycles. The lowest BCUT2D eigenvalue weighted by Gasteiger charge is -2.27. The van der Waals surface area contributed by atoms with E-state index < -0.39 is 66.1 Å². The Kier molecular flexibility index (Phi) is 12.3. The zero-order valence-corrected chi connectivity index (χ0v) is 25.7. The van der Waals surface area contributed by atoms with Crippen LogP contribution in [0.3, 0.4) is 0 Å². The number of rotatable bonds is 8. The predicted octanol–water partition coefficient (Wildman–Crippen LogP) is 1.13. The molecular weight excluding hydrogens is 568 g/mol. The second kappa shape index (κ2) is 15.9. The maximum atomic E-state index is 13.7. The summed E-state index contributed by atoms with van der Waals surface area (Å²) in [5.74, 6) is -4.26. The molecule has 1 fully saturated rings. The topological polar surface area (TPSA) is 199 Å². The Morgan fingerprint density at radius 2 is 1.36 bits per heavy atom. The van der Waals surface area contributed by atoms with Gasteiger partial charge in [0.1, 0.15) is 24.2 Å². The van der Waals surface area contributed by atoms with Crippen molar-refractivity contribution in [1.82, 2.24) is 31.6 Å². The lowest BCUT2D eigenvalue weighted by atomic mass is 9.99. The number of nitrogens with one attached hydrogen (secondary N) is 6. The van der Waals surface area contributed by atoms with Crippen LogP contribution >= 0.6 is 0 Å². The fraction of sp³-hybridized carbons (Fsp3) is 0.548. The van der Waals surface area contributed by atoms with Crippen molar-refractivity contribution in [2.45, 2.75) is 90.4 Å². The van der Waals surface area contributed by atoms with Gasteiger partial charge in [0.15, 0.2) is 0 Å². The van der Waals surface area contributed by atoms with Crippen LogP contribution in [0.25, 0.3) is 10.9 Å². The number of carbonyl (C=O) groups excluding carboxylic acids is 5. The maximum Gasteiger partial charge on any atom is 0.305 e. The van der Waals surface area contributed by atoms with E-state index in [4.69, 9.17) is 0 Å². The Morgan fingerprint density at radius 1 is 0.795 bits per heavy atom. The third-order valence-electron chi connectivity index (χ3n) is 7.32. The number of hydrogen-bond acceptors (Lipinski definition) is 6. The van der Waals surface area contributed by atoms with Gasteiger partial charge in [-0.25, -0.2) is 0 Å². The normalized spacial score (nSPS) is 23.0. The first-order valence-corrected chi connectivity index (χ1v) is 15.1. The lowest BCUT2D eigenvalue weighted by Crippen LogP contribution is -2.59. The summed E-state index contributed by atoms with van der Waals surface area (Å²) in [5.41, 5.74) is 1.54. The second-order valence-electron chi connectivity index (χ2n) is 12.1. The van der Waals surface area contributed by atoms with Gasteiger partial charge in [0, 0.05) is 36.5 Å². The number of carboxylic acid groups (broad SMARTS) is 1. The number of amides is 5. The molecule has 0 aliphatic carbocycles. The number of aliphatic carboxylic acids is 1. The van der Waals surface area contributed by atoms with E-state index in [0.29, 0.717) is 6.42 Å². The zero-order chi connectivity index (χ0) is 32.4. The predicted molar refractivity (Wildman–Crippen MR) is 163 cm³/mol. The molecular formula is C31H44N6O7. The molecule has 1 aromatic heterocycles. The number of carbonyl (C=O) groups is 6. The Bertz CT molecular complexity index is 1350. The molecule has 1 aliphatic rings. The van der Waals surface area contributed by atoms with Crippen LogP contribution in [0, 0.1) is 11.8 Å². The molecule has 2 aromatic rings. The molecule has 0 saturated carbocycles. The number of hydrogen-bond donors (Lipinski definition) is 7. The summed E-state index contributed by atoms with van der Waals surface area (Å²) in [6, 6.07) is 2.88. The van der Waals surface area contributed by atoms with Crippen molar-refractivity contribution in [3.05, 3.63) is 36.0 Å². The van der Waals surface area contributed by atoms with Gasteiger partial charge in [-0.3, -0.25) is 28.8 Å². The molecule has 13 nitrogen and oxygen atoms in total. The molecule has 44 heavy (non-hydrogen) atoms. The molecule has 3 rings (SSSR count). The van der Waals surface area contributed by atoms with Crippen LogP contribution in [0.5, 0.6) is 0 Å². The largest absolute Gasteiger partial charge is 0.481 e. The minimum atomic E-state index is -1.42. The minimum Gasteiger partial charge on any atom is -0.481 e. The van der Waals surface area contributed by atoms with Crippen LogP contribution in [0.1, 0.15) is 65.4 Å². The highest BCUT2D eigenvalue weighted by molar-refractivity contribution is 5.97. The highest BCUT2D eigenvalue weighted by Crippen LogP contribution is 2.20. The summed E-state index contributed by atoms with van der Waals surface area (Å²) in [5, 5.41) is 23.6. The molecule has 5 amide bonds. The van der Waals surface area contributed by atoms with E-state index in [9.17, 15) is 33.9 Å². The molecule has 240 valence electrons. The molecule has 0 spiro atoms. The molecule has 4 unspecified atom stereocenters. The van der Waals surface area contributed by atoms with E-state index in [1.54, 1.807) is 6.20 Å². The molecule has 0 bridgehead atoms. The Balaban J connectivity index is 1.99. The Hall–Kier alpha value is -4.42. The number of aromatic amines is 1. The van der Waals surface area contributed by atoms with Gasteiger partial charge in [0.2, 0.25) is 29.5 Å². The molecule has 0 radical (unpaired) electrons. The summed E-state index contributed by atoms with van der Waals surface area (Å²) in [6.45, 7) is 7.65. The van der Waals surface area contributed by atoms with Crippen molar-refractivity contribution in [2.24, 2.45) is 11.8 Å². The third kappa shape index (κ3) is 10.1. The second-order valence-corrected chi connectivity index (χ2v) is 12.1. The molecule has 2 heterocycles. The van der Waals surface area contributed by atoms with Crippen LogP contribution in [0.4, 0.5) is 0 Å². The van der Waals surface area contributed by atoms with E-state index >= 15 is 0 Å². The Morgan fingerprint density at radius 3 is 2.00 bits per heavy atom. The van der Waals surface area contributed by atoms with Gasteiger partial charge in [-0.1, -0.05) is 45.9 Å². The zero-order valence-electron chi connectivity index (χ0n) is 25.7. The van der Waals surface area contributed by atoms with Gasteiger partial charge in [-0.15, -0.1) is 0 Å². The number of fused-ring (bicyclic) bond motifs is 1. The van der Waals surface area contributed by atoms with Crippen molar-refractivity contribution in [3.63, 3.8) is 0 Å². The van der Waals surface area contributed by atoms with Gasteiger partial charge >= 0.3 is 5.97 Å². The van der Waals surface area contributed by atoms with E-state index in [-0.39, 0.29) is 44.1 Å². The summed E-state index contributed by atoms with van der Waals surface area (Å²) in [6.07, 6.45) is 1.88. The molecule has 4 atom stereocenters. The van der Waals surface area contributed by atoms with Crippen molar-refractivity contribution in [2.75, 3.05) is 6.54 Å². The van der Waals surface area contributed by atoms with Crippen molar-refractivity contribution in [3.8, 4) is 0 Å². The summed E-state index contributed by atoms with van der Waals surface area (Å²) >= 11 is 0. The summed E-state index contributed by atoms with van der Waals surface area (Å²) in [4.78, 5) is 81.2. The van der Waals surface area contributed by atoms with Crippen molar-refractivity contribution in [1.29, 1.82) is 0 Å². The number of carboxylic acids is 1. The van der Waals surface area contributed by atoms with Crippen LogP contribution in [-0.4, -0.2) is 76.3 Å². The molecule has 13 heteroatoms. The highest BCUT2D eigenvalue weighted by Gasteiger charge is 2.33. The van der Waals surface area contributed by atoms with Crippen LogP contribution in [0.2, 0.25) is 0 Å². The standard InChI is InChI=1S/C31H44N6O7/c1-17(2)12-22-29(42)35-23(13-18(3)4)30(43)36-24(14-19-16-33-21-9-6-5-8-20(19)21)31(44)37-25(15-27(39)40)28(41)32-11-7-10-26(38)34-22/h5-6,8-9,16-18,22-25,33H,7,10-15H2,1-4H3,(H,32,41)(H,34,38)(H,35,42)(H,36,43)(H,37,44)(H,39,40). The number of benzene rings is 1. The maximum absolute atomic E-state index is 13.7. The number of H-pyrrole nitrogens is 1. The fourth-order valence-electron chi connectivity index (χ4n) is 5.19. The monoisotopic (exact) mass is 612 g/mol. The lowest BCUT2D eigenvalue weighted by molar-refractivity contribution is -0.141. The minimum absolute atomic E-state index is 0.000710. The van der Waals surface area contributed by atoms with E-state index in [1.165, 1.54) is 0 Å². The SMILES string of the molecule is CC(C)CC1NC(=O)CCCNC(=O)C(CC(=O)O)NC(=O)C(Cc2c[nH]c3ccccc23)NC(=O)C(CC(C)C)NC1=O. The quantitative estimate of drug-likeness (QED) is 0.232. The van der Waals surface area contributed by atoms with Gasteiger partial charge < -0.3 is 36.7 Å². The first-order valence-electron chi connectivity index (χ1n) is 15.1. The summed E-state index contributed by atoms with van der Waals surface area (Å²) < 4.78 is 0. The first-order chi connectivity index (χ1) is 20.8. The molecule has 1 saturated heterocycles. The fourth-order valence-corrected chi connectivity index (χ4v) is 5.19. The number of aromatic nitrogens is 1.